The van der Waals surface area contributed by atoms with Gasteiger partial charge in [0.25, 0.3) is 0 Å². The summed E-state index contributed by atoms with van der Waals surface area (Å²) < 4.78 is 12.0. The molecule has 4 nitrogen and oxygen atoms in total. The number of terminal acetylenes is 1. The van der Waals surface area contributed by atoms with Crippen LogP contribution in [0.3, 0.4) is 0 Å². The van der Waals surface area contributed by atoms with Crippen LogP contribution in [0, 0.1) is 18.3 Å². The Hall–Kier alpha value is -0.600. The normalized spacial score (nSPS) is 17.4. The molecule has 0 amide bonds. The summed E-state index contributed by atoms with van der Waals surface area (Å²) in [5, 5.41) is 19.9. The molecule has 136 valence electrons. The van der Waals surface area contributed by atoms with Gasteiger partial charge in [-0.15, -0.1) is 6.42 Å². The van der Waals surface area contributed by atoms with E-state index in [2.05, 4.69) is 12.8 Å². The smallest absolute Gasteiger partial charge is 0.108 e. The van der Waals surface area contributed by atoms with Crippen molar-refractivity contribution in [2.24, 2.45) is 5.92 Å². The van der Waals surface area contributed by atoms with Gasteiger partial charge in [0.15, 0.2) is 0 Å². The van der Waals surface area contributed by atoms with Crippen molar-refractivity contribution in [1.82, 2.24) is 0 Å². The summed E-state index contributed by atoms with van der Waals surface area (Å²) in [6.45, 7) is 15.5. The van der Waals surface area contributed by atoms with Crippen LogP contribution in [0.25, 0.3) is 0 Å². The van der Waals surface area contributed by atoms with Crippen molar-refractivity contribution in [3.8, 4) is 12.3 Å². The van der Waals surface area contributed by atoms with Crippen molar-refractivity contribution in [2.75, 3.05) is 13.2 Å². The van der Waals surface area contributed by atoms with Gasteiger partial charge in [0.1, 0.15) is 6.61 Å². The van der Waals surface area contributed by atoms with E-state index >= 15 is 0 Å². The van der Waals surface area contributed by atoms with Gasteiger partial charge in [-0.1, -0.05) is 12.8 Å². The molecule has 0 aromatic heterocycles. The van der Waals surface area contributed by atoms with Crippen molar-refractivity contribution in [2.45, 2.75) is 90.6 Å². The van der Waals surface area contributed by atoms with Gasteiger partial charge in [0.2, 0.25) is 0 Å². The summed E-state index contributed by atoms with van der Waals surface area (Å²) in [5.41, 5.74) is -2.51. The van der Waals surface area contributed by atoms with E-state index in [0.717, 1.165) is 0 Å². The molecule has 4 heteroatoms. The Kier molecular flexibility index (Phi) is 7.78. The van der Waals surface area contributed by atoms with Crippen molar-refractivity contribution in [3.05, 3.63) is 0 Å². The van der Waals surface area contributed by atoms with Gasteiger partial charge in [0, 0.05) is 6.42 Å². The van der Waals surface area contributed by atoms with Gasteiger partial charge in [0.05, 0.1) is 29.0 Å². The molecule has 0 fully saturated rings. The summed E-state index contributed by atoms with van der Waals surface area (Å²) in [7, 11) is 0. The zero-order valence-electron chi connectivity index (χ0n) is 16.2. The molecule has 0 aliphatic rings. The summed E-state index contributed by atoms with van der Waals surface area (Å²) >= 11 is 0. The molecule has 0 spiro atoms. The Labute approximate surface area is 142 Å². The van der Waals surface area contributed by atoms with Crippen LogP contribution in [0.4, 0.5) is 0 Å². The lowest BCUT2D eigenvalue weighted by Gasteiger charge is -2.44. The Morgan fingerprint density at radius 3 is 2.00 bits per heavy atom. The third-order valence-electron chi connectivity index (χ3n) is 4.18. The number of aliphatic hydroxyl groups is 2. The van der Waals surface area contributed by atoms with E-state index in [4.69, 9.17) is 15.9 Å². The third-order valence-corrected chi connectivity index (χ3v) is 4.18. The minimum absolute atomic E-state index is 0.114. The van der Waals surface area contributed by atoms with Gasteiger partial charge < -0.3 is 19.7 Å². The molecule has 2 N–H and O–H groups in total. The van der Waals surface area contributed by atoms with Crippen molar-refractivity contribution in [1.29, 1.82) is 0 Å². The van der Waals surface area contributed by atoms with E-state index in [1.165, 1.54) is 0 Å². The number of aliphatic hydroxyl groups excluding tert-OH is 1. The van der Waals surface area contributed by atoms with Crippen molar-refractivity contribution < 1.29 is 19.7 Å². The summed E-state index contributed by atoms with van der Waals surface area (Å²) in [6.07, 6.45) is 6.37. The maximum Gasteiger partial charge on any atom is 0.108 e. The maximum atomic E-state index is 10.0. The predicted octanol–water partition coefficient (Wildman–Crippen LogP) is 3.15. The molecule has 2 unspecified atom stereocenters. The molecule has 0 saturated carbocycles. The second-order valence-electron chi connectivity index (χ2n) is 8.66. The summed E-state index contributed by atoms with van der Waals surface area (Å²) in [4.78, 5) is 0. The largest absolute Gasteiger partial charge is 0.393 e. The van der Waals surface area contributed by atoms with Gasteiger partial charge in [-0.2, -0.15) is 0 Å². The number of rotatable bonds is 10. The predicted molar refractivity (Wildman–Crippen MR) is 94.2 cm³/mol. The first-order valence-corrected chi connectivity index (χ1v) is 8.27. The van der Waals surface area contributed by atoms with Crippen LogP contribution in [0.5, 0.6) is 0 Å². The molecule has 0 heterocycles. The minimum Gasteiger partial charge on any atom is -0.393 e. The van der Waals surface area contributed by atoms with Crippen LogP contribution in [0.2, 0.25) is 0 Å². The van der Waals surface area contributed by atoms with Crippen LogP contribution < -0.4 is 0 Å². The Balaban J connectivity index is 5.05. The van der Waals surface area contributed by atoms with Crippen LogP contribution in [0.15, 0.2) is 0 Å². The third kappa shape index (κ3) is 8.72. The molecule has 0 saturated heterocycles. The molecule has 2 atom stereocenters. The Morgan fingerprint density at radius 1 is 1.09 bits per heavy atom. The van der Waals surface area contributed by atoms with Gasteiger partial charge >= 0.3 is 0 Å². The van der Waals surface area contributed by atoms with E-state index in [-0.39, 0.29) is 19.1 Å². The zero-order valence-corrected chi connectivity index (χ0v) is 16.2. The van der Waals surface area contributed by atoms with E-state index in [0.29, 0.717) is 12.8 Å². The molecule has 0 aromatic rings. The molecular weight excluding hydrogens is 292 g/mol. The molecule has 0 radical (unpaired) electrons. The molecule has 23 heavy (non-hydrogen) atoms. The van der Waals surface area contributed by atoms with Crippen molar-refractivity contribution >= 4 is 0 Å². The van der Waals surface area contributed by atoms with Crippen molar-refractivity contribution in [3.63, 3.8) is 0 Å². The zero-order chi connectivity index (χ0) is 18.5. The first kappa shape index (κ1) is 22.4. The second-order valence-corrected chi connectivity index (χ2v) is 8.66. The summed E-state index contributed by atoms with van der Waals surface area (Å²) in [5.74, 6) is 2.58. The molecule has 0 aromatic carbocycles. The fourth-order valence-electron chi connectivity index (χ4n) is 3.04. The average molecular weight is 328 g/mol. The van der Waals surface area contributed by atoms with Crippen LogP contribution in [0.1, 0.15) is 68.2 Å². The van der Waals surface area contributed by atoms with Crippen LogP contribution in [-0.4, -0.2) is 45.8 Å². The first-order valence-electron chi connectivity index (χ1n) is 8.27. The second kappa shape index (κ2) is 7.98. The molecule has 0 aliphatic carbocycles. The number of ether oxygens (including phenoxy) is 2. The fourth-order valence-corrected chi connectivity index (χ4v) is 3.04. The topological polar surface area (TPSA) is 58.9 Å². The SMILES string of the molecule is C#CCOC(C)(C)CC(C)(CO)OC(C)(C)C(C)CC(C)(C)O. The highest BCUT2D eigenvalue weighted by atomic mass is 16.5. The van der Waals surface area contributed by atoms with Crippen LogP contribution >= 0.6 is 0 Å². The standard InChI is InChI=1S/C19H36O4/c1-10-11-22-17(5,6)13-19(9,14-20)23-18(7,8)15(2)12-16(3,4)21/h1,15,20-21H,11-14H2,2-9H3. The lowest BCUT2D eigenvalue weighted by Crippen LogP contribution is -2.50. The fraction of sp³-hybridized carbons (Fsp3) is 0.895. The highest BCUT2D eigenvalue weighted by molar-refractivity contribution is 4.92. The van der Waals surface area contributed by atoms with E-state index in [9.17, 15) is 10.2 Å². The highest BCUT2D eigenvalue weighted by Crippen LogP contribution is 2.36. The molecule has 0 rings (SSSR count). The maximum absolute atomic E-state index is 10.0. The molecule has 0 bridgehead atoms. The Bertz CT molecular complexity index is 401. The lowest BCUT2D eigenvalue weighted by atomic mass is 9.82. The number of hydrogen-bond donors (Lipinski definition) is 2. The summed E-state index contributed by atoms with van der Waals surface area (Å²) in [6, 6.07) is 0. The number of hydrogen-bond acceptors (Lipinski definition) is 4. The first-order chi connectivity index (χ1) is 10.2. The molecule has 0 aliphatic heterocycles. The van der Waals surface area contributed by atoms with E-state index in [1.807, 2.05) is 34.6 Å². The van der Waals surface area contributed by atoms with Gasteiger partial charge in [-0.05, 0) is 60.8 Å². The van der Waals surface area contributed by atoms with E-state index in [1.54, 1.807) is 13.8 Å². The quantitative estimate of drug-likeness (QED) is 0.605. The van der Waals surface area contributed by atoms with Gasteiger partial charge in [-0.3, -0.25) is 0 Å². The van der Waals surface area contributed by atoms with Crippen LogP contribution in [-0.2, 0) is 9.47 Å². The van der Waals surface area contributed by atoms with Gasteiger partial charge in [-0.25, -0.2) is 0 Å². The minimum atomic E-state index is -0.759. The lowest BCUT2D eigenvalue weighted by molar-refractivity contribution is -0.200. The highest BCUT2D eigenvalue weighted by Gasteiger charge is 2.41. The van der Waals surface area contributed by atoms with E-state index < -0.39 is 22.4 Å². The monoisotopic (exact) mass is 328 g/mol. The average Bonchev–Trinajstić information content (AvgIpc) is 2.33. The Morgan fingerprint density at radius 2 is 1.61 bits per heavy atom. The molecular formula is C19H36O4.